The van der Waals surface area contributed by atoms with Crippen molar-refractivity contribution in [2.45, 2.75) is 22.1 Å². The molecule has 2 aromatic rings. The number of benzene rings is 2. The van der Waals surface area contributed by atoms with Gasteiger partial charge < -0.3 is 0 Å². The lowest BCUT2D eigenvalue weighted by Gasteiger charge is -2.15. The van der Waals surface area contributed by atoms with E-state index in [-0.39, 0.29) is 28.8 Å². The average molecular weight is 447 g/mol. The van der Waals surface area contributed by atoms with Gasteiger partial charge in [0.25, 0.3) is 10.0 Å². The van der Waals surface area contributed by atoms with Crippen LogP contribution in [0.3, 0.4) is 0 Å². The number of nitrogens with one attached hydrogen (secondary N) is 1. The van der Waals surface area contributed by atoms with Gasteiger partial charge in [0, 0.05) is 11.9 Å². The first-order chi connectivity index (χ1) is 12.5. The molecule has 0 atom stereocenters. The van der Waals surface area contributed by atoms with Crippen LogP contribution in [0.1, 0.15) is 11.1 Å². The van der Waals surface area contributed by atoms with E-state index < -0.39 is 48.2 Å². The highest BCUT2D eigenvalue weighted by Gasteiger charge is 2.38. The fraction of sp³-hybridized carbons (Fsp3) is 0.200. The minimum atomic E-state index is -5.21. The summed E-state index contributed by atoms with van der Waals surface area (Å²) >= 11 is 0. The maximum atomic E-state index is 12.9. The minimum absolute atomic E-state index is 0.0719. The molecule has 0 bridgehead atoms. The predicted molar refractivity (Wildman–Crippen MR) is 86.8 cm³/mol. The summed E-state index contributed by atoms with van der Waals surface area (Å²) in [5.74, 6) is 0. The van der Waals surface area contributed by atoms with Gasteiger partial charge in [0.05, 0.1) is 20.9 Å². The summed E-state index contributed by atoms with van der Waals surface area (Å²) < 4.78 is 126. The third-order valence-corrected chi connectivity index (χ3v) is 5.90. The van der Waals surface area contributed by atoms with Crippen molar-refractivity contribution >= 4 is 25.5 Å². The van der Waals surface area contributed by atoms with Crippen molar-refractivity contribution in [1.29, 1.82) is 0 Å². The molecule has 0 saturated carbocycles. The van der Waals surface area contributed by atoms with Crippen LogP contribution in [0, 0.1) is 0 Å². The zero-order valence-electron chi connectivity index (χ0n) is 13.8. The highest BCUT2D eigenvalue weighted by molar-refractivity contribution is 7.92. The van der Waals surface area contributed by atoms with Crippen molar-refractivity contribution in [3.8, 4) is 0 Å². The zero-order valence-corrected chi connectivity index (χ0v) is 15.4. The van der Waals surface area contributed by atoms with E-state index in [2.05, 4.69) is 0 Å². The normalized spacial score (nSPS) is 13.4. The number of hydrogen-bond donors (Lipinski definition) is 1. The fourth-order valence-corrected chi connectivity index (χ4v) is 3.82. The number of rotatable bonds is 4. The summed E-state index contributed by atoms with van der Waals surface area (Å²) in [5.41, 5.74) is -3.82. The lowest BCUT2D eigenvalue weighted by molar-refractivity contribution is -0.143. The molecule has 0 aliphatic heterocycles. The molecule has 0 aliphatic rings. The monoisotopic (exact) mass is 447 g/mol. The molecule has 0 amide bonds. The second kappa shape index (κ2) is 6.95. The van der Waals surface area contributed by atoms with E-state index in [4.69, 9.17) is 0 Å². The van der Waals surface area contributed by atoms with Crippen molar-refractivity contribution in [1.82, 2.24) is 0 Å². The van der Waals surface area contributed by atoms with Gasteiger partial charge in [-0.05, 0) is 42.5 Å². The molecule has 28 heavy (non-hydrogen) atoms. The average Bonchev–Trinajstić information content (AvgIpc) is 2.52. The Morgan fingerprint density at radius 2 is 1.14 bits per heavy atom. The van der Waals surface area contributed by atoms with E-state index >= 15 is 0 Å². The summed E-state index contributed by atoms with van der Waals surface area (Å²) in [7, 11) is -8.41. The van der Waals surface area contributed by atoms with Crippen LogP contribution < -0.4 is 4.72 Å². The molecule has 2 rings (SSSR count). The standard InChI is InChI=1S/C15H11F6NO4S2/c1-27(23,24)12-4-2-11(3-5-12)22-28(25,26)13-7-9(14(16,17)18)6-10(8-13)15(19,20)21/h2-8,22H,1H3. The first-order valence-corrected chi connectivity index (χ1v) is 10.5. The van der Waals surface area contributed by atoms with E-state index in [9.17, 15) is 43.2 Å². The maximum absolute atomic E-state index is 12.9. The Balaban J connectivity index is 2.50. The molecule has 0 heterocycles. The smallest absolute Gasteiger partial charge is 0.280 e. The number of halogens is 6. The molecule has 0 aromatic heterocycles. The van der Waals surface area contributed by atoms with Crippen LogP contribution in [0.2, 0.25) is 0 Å². The van der Waals surface area contributed by atoms with Gasteiger partial charge in [-0.2, -0.15) is 26.3 Å². The van der Waals surface area contributed by atoms with Gasteiger partial charge >= 0.3 is 12.4 Å². The summed E-state index contributed by atoms with van der Waals surface area (Å²) in [6, 6.07) is 4.02. The van der Waals surface area contributed by atoms with Gasteiger partial charge in [-0.3, -0.25) is 4.72 Å². The Kier molecular flexibility index (Phi) is 5.47. The van der Waals surface area contributed by atoms with Gasteiger partial charge in [-0.25, -0.2) is 16.8 Å². The van der Waals surface area contributed by atoms with Crippen LogP contribution in [0.4, 0.5) is 32.0 Å². The Morgan fingerprint density at radius 1 is 0.714 bits per heavy atom. The Hall–Kier alpha value is -2.28. The van der Waals surface area contributed by atoms with Crippen molar-refractivity contribution in [2.75, 3.05) is 11.0 Å². The molecule has 1 N–H and O–H groups in total. The number of hydrogen-bond acceptors (Lipinski definition) is 4. The Labute approximate surface area is 156 Å². The number of anilines is 1. The second-order valence-electron chi connectivity index (χ2n) is 5.64. The van der Waals surface area contributed by atoms with Gasteiger partial charge in [0.1, 0.15) is 0 Å². The summed E-state index contributed by atoms with van der Waals surface area (Å²) in [6.45, 7) is 0. The van der Waals surface area contributed by atoms with Gasteiger partial charge in [-0.15, -0.1) is 0 Å². The molecule has 0 radical (unpaired) electrons. The maximum Gasteiger partial charge on any atom is 0.416 e. The zero-order chi connectivity index (χ0) is 21.5. The minimum Gasteiger partial charge on any atom is -0.280 e. The van der Waals surface area contributed by atoms with E-state index in [1.807, 2.05) is 4.72 Å². The fourth-order valence-electron chi connectivity index (χ4n) is 2.07. The first kappa shape index (κ1) is 22.0. The number of alkyl halides is 6. The topological polar surface area (TPSA) is 80.3 Å². The van der Waals surface area contributed by atoms with E-state index in [1.165, 1.54) is 0 Å². The lowest BCUT2D eigenvalue weighted by Crippen LogP contribution is -2.17. The van der Waals surface area contributed by atoms with E-state index in [0.717, 1.165) is 30.5 Å². The van der Waals surface area contributed by atoms with Crippen LogP contribution in [0.15, 0.2) is 52.3 Å². The molecule has 0 aliphatic carbocycles. The molecule has 0 unspecified atom stereocenters. The first-order valence-electron chi connectivity index (χ1n) is 7.12. The van der Waals surface area contributed by atoms with Gasteiger partial charge in [0.2, 0.25) is 0 Å². The number of sulfonamides is 1. The third-order valence-electron chi connectivity index (χ3n) is 3.41. The van der Waals surface area contributed by atoms with Crippen molar-refractivity contribution in [3.05, 3.63) is 53.6 Å². The molecular weight excluding hydrogens is 436 g/mol. The molecule has 0 saturated heterocycles. The molecule has 2 aromatic carbocycles. The summed E-state index contributed by atoms with van der Waals surface area (Å²) in [4.78, 5) is -1.41. The van der Waals surface area contributed by atoms with Gasteiger partial charge in [-0.1, -0.05) is 0 Å². The molecule has 0 spiro atoms. The quantitative estimate of drug-likeness (QED) is 0.721. The molecule has 5 nitrogen and oxygen atoms in total. The van der Waals surface area contributed by atoms with Crippen molar-refractivity contribution in [2.24, 2.45) is 0 Å². The van der Waals surface area contributed by atoms with Crippen LogP contribution >= 0.6 is 0 Å². The van der Waals surface area contributed by atoms with Crippen LogP contribution in [0.5, 0.6) is 0 Å². The van der Waals surface area contributed by atoms with Crippen LogP contribution in [0.25, 0.3) is 0 Å². The van der Waals surface area contributed by atoms with E-state index in [1.54, 1.807) is 0 Å². The molecule has 0 fully saturated rings. The highest BCUT2D eigenvalue weighted by Crippen LogP contribution is 2.37. The SMILES string of the molecule is CS(=O)(=O)c1ccc(NS(=O)(=O)c2cc(C(F)(F)F)cc(C(F)(F)F)c2)cc1. The summed E-state index contributed by atoms with van der Waals surface area (Å²) in [6.07, 6.45) is -9.52. The third kappa shape index (κ3) is 5.16. The number of sulfone groups is 1. The van der Waals surface area contributed by atoms with Crippen molar-refractivity contribution in [3.63, 3.8) is 0 Å². The largest absolute Gasteiger partial charge is 0.416 e. The van der Waals surface area contributed by atoms with E-state index in [0.29, 0.717) is 0 Å². The molecule has 13 heteroatoms. The second-order valence-corrected chi connectivity index (χ2v) is 9.34. The van der Waals surface area contributed by atoms with Crippen LogP contribution in [-0.2, 0) is 32.2 Å². The van der Waals surface area contributed by atoms with Crippen LogP contribution in [-0.4, -0.2) is 23.1 Å². The Bertz CT molecular complexity index is 1060. The summed E-state index contributed by atoms with van der Waals surface area (Å²) in [5, 5.41) is 0. The predicted octanol–water partition coefficient (Wildman–Crippen LogP) is 3.93. The molecule has 154 valence electrons. The molecular formula is C15H11F6NO4S2. The highest BCUT2D eigenvalue weighted by atomic mass is 32.2. The lowest BCUT2D eigenvalue weighted by atomic mass is 10.1. The Morgan fingerprint density at radius 3 is 1.50 bits per heavy atom. The van der Waals surface area contributed by atoms with Crippen molar-refractivity contribution < 1.29 is 43.2 Å². The van der Waals surface area contributed by atoms with Gasteiger partial charge in [0.15, 0.2) is 9.84 Å².